The summed E-state index contributed by atoms with van der Waals surface area (Å²) in [6.45, 7) is 1.35. The van der Waals surface area contributed by atoms with Crippen LogP contribution in [0.3, 0.4) is 0 Å². The van der Waals surface area contributed by atoms with Crippen LogP contribution in [-0.2, 0) is 16.0 Å². The van der Waals surface area contributed by atoms with Crippen molar-refractivity contribution < 1.29 is 14.7 Å². The fourth-order valence-electron chi connectivity index (χ4n) is 2.15. The van der Waals surface area contributed by atoms with Crippen molar-refractivity contribution in [3.05, 3.63) is 28.8 Å². The van der Waals surface area contributed by atoms with E-state index in [0.29, 0.717) is 16.3 Å². The second kappa shape index (κ2) is 4.26. The molecule has 0 saturated carbocycles. The minimum absolute atomic E-state index is 0.0354. The minimum Gasteiger partial charge on any atom is -0.480 e. The molecule has 1 aromatic rings. The smallest absolute Gasteiger partial charge is 0.325 e. The third-order valence-corrected chi connectivity index (χ3v) is 3.32. The zero-order valence-corrected chi connectivity index (χ0v) is 10.6. The van der Waals surface area contributed by atoms with E-state index in [1.165, 1.54) is 11.8 Å². The molecule has 1 heterocycles. The van der Waals surface area contributed by atoms with Crippen LogP contribution in [0.1, 0.15) is 12.5 Å². The molecular weight excluding hydrogens is 256 g/mol. The van der Waals surface area contributed by atoms with Crippen molar-refractivity contribution in [1.29, 1.82) is 0 Å². The molecule has 0 saturated heterocycles. The van der Waals surface area contributed by atoms with Crippen molar-refractivity contribution in [2.75, 3.05) is 11.4 Å². The average Bonchev–Trinajstić information content (AvgIpc) is 2.26. The molecule has 1 aliphatic rings. The van der Waals surface area contributed by atoms with Crippen LogP contribution in [-0.4, -0.2) is 29.1 Å². The maximum atomic E-state index is 11.6. The van der Waals surface area contributed by atoms with E-state index in [9.17, 15) is 14.7 Å². The second-order valence-electron chi connectivity index (χ2n) is 4.52. The molecule has 0 radical (unpaired) electrons. The topological polar surface area (TPSA) is 83.6 Å². The second-order valence-corrected chi connectivity index (χ2v) is 4.95. The van der Waals surface area contributed by atoms with E-state index in [2.05, 4.69) is 0 Å². The van der Waals surface area contributed by atoms with Crippen molar-refractivity contribution >= 4 is 29.2 Å². The highest BCUT2D eigenvalue weighted by Crippen LogP contribution is 2.33. The number of hydrogen-bond donors (Lipinski definition) is 2. The number of carbonyl (C=O) groups is 2. The molecule has 0 aromatic heterocycles. The van der Waals surface area contributed by atoms with Gasteiger partial charge in [-0.05, 0) is 23.8 Å². The van der Waals surface area contributed by atoms with Crippen LogP contribution in [0.5, 0.6) is 0 Å². The lowest BCUT2D eigenvalue weighted by molar-refractivity contribution is -0.143. The first-order chi connectivity index (χ1) is 8.33. The minimum atomic E-state index is -1.47. The van der Waals surface area contributed by atoms with E-state index in [0.717, 1.165) is 0 Å². The summed E-state index contributed by atoms with van der Waals surface area (Å²) in [5.41, 5.74) is 5.74. The third-order valence-electron chi connectivity index (χ3n) is 3.08. The lowest BCUT2D eigenvalue weighted by Crippen LogP contribution is -2.61. The number of hydrogen-bond acceptors (Lipinski definition) is 3. The zero-order valence-electron chi connectivity index (χ0n) is 9.81. The quantitative estimate of drug-likeness (QED) is 0.797. The Balaban J connectivity index is 2.54. The fourth-order valence-corrected chi connectivity index (χ4v) is 2.34. The summed E-state index contributed by atoms with van der Waals surface area (Å²) < 4.78 is 0. The van der Waals surface area contributed by atoms with Gasteiger partial charge in [-0.15, -0.1) is 0 Å². The Morgan fingerprint density at radius 3 is 2.72 bits per heavy atom. The van der Waals surface area contributed by atoms with Crippen LogP contribution < -0.4 is 10.6 Å². The highest BCUT2D eigenvalue weighted by atomic mass is 35.5. The van der Waals surface area contributed by atoms with Gasteiger partial charge in [0.15, 0.2) is 0 Å². The van der Waals surface area contributed by atoms with E-state index in [-0.39, 0.29) is 18.9 Å². The maximum Gasteiger partial charge on any atom is 0.325 e. The predicted molar refractivity (Wildman–Crippen MR) is 67.7 cm³/mol. The predicted octanol–water partition coefficient (Wildman–Crippen LogP) is 1.03. The Bertz CT molecular complexity index is 532. The van der Waals surface area contributed by atoms with Gasteiger partial charge in [0.25, 0.3) is 0 Å². The number of rotatable bonds is 1. The van der Waals surface area contributed by atoms with E-state index in [4.69, 9.17) is 17.3 Å². The molecule has 2 rings (SSSR count). The molecule has 5 nitrogen and oxygen atoms in total. The molecule has 1 amide bonds. The molecule has 6 heteroatoms. The molecule has 96 valence electrons. The fraction of sp³-hybridized carbons (Fsp3) is 0.333. The SMILES string of the molecule is CC(=O)N1CC(N)(C(=O)O)Cc2cc(Cl)ccc21. The summed E-state index contributed by atoms with van der Waals surface area (Å²) in [4.78, 5) is 24.2. The molecule has 3 N–H and O–H groups in total. The van der Waals surface area contributed by atoms with E-state index >= 15 is 0 Å². The first kappa shape index (κ1) is 12.9. The number of amides is 1. The van der Waals surface area contributed by atoms with E-state index in [1.54, 1.807) is 18.2 Å². The number of fused-ring (bicyclic) bond motifs is 1. The van der Waals surface area contributed by atoms with Crippen molar-refractivity contribution in [3.8, 4) is 0 Å². The molecular formula is C12H13ClN2O3. The number of nitrogens with two attached hydrogens (primary N) is 1. The van der Waals surface area contributed by atoms with Gasteiger partial charge in [-0.1, -0.05) is 11.6 Å². The highest BCUT2D eigenvalue weighted by Gasteiger charge is 2.42. The highest BCUT2D eigenvalue weighted by molar-refractivity contribution is 6.30. The molecule has 18 heavy (non-hydrogen) atoms. The number of anilines is 1. The summed E-state index contributed by atoms with van der Waals surface area (Å²) in [5, 5.41) is 9.69. The van der Waals surface area contributed by atoms with Crippen LogP contribution in [0.15, 0.2) is 18.2 Å². The van der Waals surface area contributed by atoms with Crippen LogP contribution in [0.2, 0.25) is 5.02 Å². The van der Waals surface area contributed by atoms with Gasteiger partial charge in [-0.3, -0.25) is 9.59 Å². The summed E-state index contributed by atoms with van der Waals surface area (Å²) >= 11 is 5.88. The number of carbonyl (C=O) groups excluding carboxylic acids is 1. The van der Waals surface area contributed by atoms with Crippen molar-refractivity contribution in [2.45, 2.75) is 18.9 Å². The third kappa shape index (κ3) is 2.07. The summed E-state index contributed by atoms with van der Waals surface area (Å²) in [6.07, 6.45) is 0.155. The van der Waals surface area contributed by atoms with Gasteiger partial charge in [0, 0.05) is 24.1 Å². The first-order valence-electron chi connectivity index (χ1n) is 5.42. The summed E-state index contributed by atoms with van der Waals surface area (Å²) in [5.74, 6) is -1.37. The van der Waals surface area contributed by atoms with Crippen LogP contribution in [0.25, 0.3) is 0 Å². The Labute approximate surface area is 109 Å². The average molecular weight is 269 g/mol. The van der Waals surface area contributed by atoms with Gasteiger partial charge in [0.1, 0.15) is 5.54 Å². The molecule has 1 unspecified atom stereocenters. The molecule has 0 aliphatic carbocycles. The largest absolute Gasteiger partial charge is 0.480 e. The van der Waals surface area contributed by atoms with E-state index < -0.39 is 11.5 Å². The summed E-state index contributed by atoms with van der Waals surface area (Å²) in [7, 11) is 0. The van der Waals surface area contributed by atoms with Gasteiger partial charge >= 0.3 is 5.97 Å². The Morgan fingerprint density at radius 1 is 1.50 bits per heavy atom. The number of benzene rings is 1. The molecule has 1 atom stereocenters. The standard InChI is InChI=1S/C12H13ClN2O3/c1-7(16)15-6-12(14,11(17)18)5-8-4-9(13)2-3-10(8)15/h2-4H,5-6,14H2,1H3,(H,17,18). The van der Waals surface area contributed by atoms with Crippen LogP contribution >= 0.6 is 11.6 Å². The lowest BCUT2D eigenvalue weighted by Gasteiger charge is -2.38. The monoisotopic (exact) mass is 268 g/mol. The normalized spacial score (nSPS) is 22.5. The van der Waals surface area contributed by atoms with Gasteiger partial charge in [-0.25, -0.2) is 0 Å². The zero-order chi connectivity index (χ0) is 13.5. The number of aliphatic carboxylic acids is 1. The number of carboxylic acids is 1. The molecule has 1 aromatic carbocycles. The maximum absolute atomic E-state index is 11.6. The molecule has 0 fully saturated rings. The lowest BCUT2D eigenvalue weighted by atomic mass is 9.86. The van der Waals surface area contributed by atoms with Crippen LogP contribution in [0.4, 0.5) is 5.69 Å². The van der Waals surface area contributed by atoms with Crippen molar-refractivity contribution in [1.82, 2.24) is 0 Å². The van der Waals surface area contributed by atoms with Crippen molar-refractivity contribution in [3.63, 3.8) is 0 Å². The van der Waals surface area contributed by atoms with Crippen LogP contribution in [0, 0.1) is 0 Å². The number of nitrogens with zero attached hydrogens (tertiary/aromatic N) is 1. The van der Waals surface area contributed by atoms with Gasteiger partial charge < -0.3 is 15.7 Å². The Morgan fingerprint density at radius 2 is 2.17 bits per heavy atom. The van der Waals surface area contributed by atoms with E-state index in [1.807, 2.05) is 0 Å². The molecule has 1 aliphatic heterocycles. The molecule has 0 spiro atoms. The number of carboxylic acid groups (broad SMARTS) is 1. The first-order valence-corrected chi connectivity index (χ1v) is 5.80. The number of halogens is 1. The van der Waals surface area contributed by atoms with Crippen molar-refractivity contribution in [2.24, 2.45) is 5.73 Å². The van der Waals surface area contributed by atoms with Gasteiger partial charge in [-0.2, -0.15) is 0 Å². The Kier molecular flexibility index (Phi) is 3.04. The summed E-state index contributed by atoms with van der Waals surface area (Å²) in [6, 6.07) is 5.03. The Hall–Kier alpha value is -1.59. The van der Waals surface area contributed by atoms with Gasteiger partial charge in [0.05, 0.1) is 6.54 Å². The molecule has 0 bridgehead atoms. The van der Waals surface area contributed by atoms with Gasteiger partial charge in [0.2, 0.25) is 5.91 Å².